The Morgan fingerprint density at radius 2 is 2.03 bits per heavy atom. The quantitative estimate of drug-likeness (QED) is 0.730. The molecule has 3 aliphatic rings. The Morgan fingerprint density at radius 3 is 2.78 bits per heavy atom. The molecular weight excluding hydrogens is 408 g/mol. The van der Waals surface area contributed by atoms with Crippen LogP contribution in [-0.4, -0.2) is 65.2 Å². The van der Waals surface area contributed by atoms with E-state index in [-0.39, 0.29) is 18.1 Å². The van der Waals surface area contributed by atoms with E-state index in [0.717, 1.165) is 43.9 Å². The van der Waals surface area contributed by atoms with Crippen LogP contribution in [0.5, 0.6) is 0 Å². The molecule has 2 saturated heterocycles. The Labute approximate surface area is 188 Å². The van der Waals surface area contributed by atoms with Crippen molar-refractivity contribution in [1.29, 1.82) is 0 Å². The van der Waals surface area contributed by atoms with Crippen molar-refractivity contribution < 1.29 is 13.9 Å². The first kappa shape index (κ1) is 21.4. The lowest BCUT2D eigenvalue weighted by Crippen LogP contribution is -2.49. The maximum atomic E-state index is 12.5. The normalized spacial score (nSPS) is 28.2. The molecule has 1 aliphatic carbocycles. The van der Waals surface area contributed by atoms with Crippen molar-refractivity contribution in [2.45, 2.75) is 57.4 Å². The fourth-order valence-electron chi connectivity index (χ4n) is 5.22. The minimum Gasteiger partial charge on any atom is -0.459 e. The van der Waals surface area contributed by atoms with Gasteiger partial charge in [0.2, 0.25) is 0 Å². The van der Waals surface area contributed by atoms with Crippen LogP contribution in [0, 0.1) is 5.92 Å². The fraction of sp³-hybridized carbons (Fsp3) is 0.609. The number of fused-ring (bicyclic) bond motifs is 1. The number of piperazine rings is 1. The molecule has 2 aliphatic heterocycles. The number of hydrogen-bond acceptors (Lipinski definition) is 8. The topological polar surface area (TPSA) is 95.8 Å². The summed E-state index contributed by atoms with van der Waals surface area (Å²) in [6.45, 7) is 6.95. The van der Waals surface area contributed by atoms with Crippen molar-refractivity contribution in [3.8, 4) is 0 Å². The molecule has 2 aromatic rings. The van der Waals surface area contributed by atoms with Gasteiger partial charge in [-0.15, -0.1) is 0 Å². The number of furan rings is 1. The van der Waals surface area contributed by atoms with E-state index in [1.165, 1.54) is 6.26 Å². The van der Waals surface area contributed by atoms with Crippen LogP contribution in [0.15, 0.2) is 35.2 Å². The number of carbonyl (C=O) groups is 1. The van der Waals surface area contributed by atoms with E-state index in [0.29, 0.717) is 36.9 Å². The number of nitrogens with zero attached hydrogens (tertiary/aromatic N) is 4. The number of rotatable bonds is 5. The van der Waals surface area contributed by atoms with E-state index >= 15 is 0 Å². The van der Waals surface area contributed by atoms with Gasteiger partial charge in [0.15, 0.2) is 5.76 Å². The lowest BCUT2D eigenvalue weighted by Gasteiger charge is -2.35. The summed E-state index contributed by atoms with van der Waals surface area (Å²) < 4.78 is 11.4. The van der Waals surface area contributed by atoms with Crippen LogP contribution >= 0.6 is 0 Å². The molecule has 32 heavy (non-hydrogen) atoms. The Morgan fingerprint density at radius 1 is 1.19 bits per heavy atom. The Kier molecular flexibility index (Phi) is 6.12. The number of hydrazine groups is 1. The van der Waals surface area contributed by atoms with Gasteiger partial charge >= 0.3 is 0 Å². The molecule has 2 aromatic heterocycles. The molecule has 1 saturated carbocycles. The van der Waals surface area contributed by atoms with Crippen LogP contribution < -0.4 is 15.8 Å². The van der Waals surface area contributed by atoms with Crippen LogP contribution in [0.4, 0.5) is 5.82 Å². The summed E-state index contributed by atoms with van der Waals surface area (Å²) >= 11 is 0. The largest absolute Gasteiger partial charge is 0.459 e. The predicted molar refractivity (Wildman–Crippen MR) is 119 cm³/mol. The number of hydrogen-bond donors (Lipinski definition) is 2. The predicted octanol–water partition coefficient (Wildman–Crippen LogP) is 2.14. The van der Waals surface area contributed by atoms with E-state index in [4.69, 9.17) is 9.15 Å². The number of amides is 1. The minimum absolute atomic E-state index is 0.0548. The lowest BCUT2D eigenvalue weighted by atomic mass is 9.79. The standard InChI is InChI=1S/C23H32N6O3/c1-15(2)32-16-5-6-18-17(12-16)22(27-26-18)19-13-21(25-14-24-19)28-7-9-29(10-8-28)23(30)20-4-3-11-31-20/h3-4,11,13-18,22,26-27H,5-10,12H2,1-2H3. The number of ether oxygens (including phenoxy) is 1. The van der Waals surface area contributed by atoms with Crippen LogP contribution in [0.3, 0.4) is 0 Å². The first-order chi connectivity index (χ1) is 15.6. The summed E-state index contributed by atoms with van der Waals surface area (Å²) in [5, 5.41) is 0. The molecule has 0 radical (unpaired) electrons. The third-order valence-corrected chi connectivity index (χ3v) is 6.78. The van der Waals surface area contributed by atoms with E-state index < -0.39 is 0 Å². The second-order valence-electron chi connectivity index (χ2n) is 9.21. The molecule has 9 nitrogen and oxygen atoms in total. The fourth-order valence-corrected chi connectivity index (χ4v) is 5.22. The first-order valence-corrected chi connectivity index (χ1v) is 11.6. The van der Waals surface area contributed by atoms with E-state index in [1.807, 2.05) is 4.90 Å². The molecular formula is C23H32N6O3. The van der Waals surface area contributed by atoms with Crippen molar-refractivity contribution in [2.75, 3.05) is 31.1 Å². The second-order valence-corrected chi connectivity index (χ2v) is 9.21. The number of carbonyl (C=O) groups excluding carboxylic acids is 1. The van der Waals surface area contributed by atoms with Crippen molar-refractivity contribution >= 4 is 11.7 Å². The number of aromatic nitrogens is 2. The van der Waals surface area contributed by atoms with Crippen LogP contribution in [-0.2, 0) is 4.74 Å². The summed E-state index contributed by atoms with van der Waals surface area (Å²) in [4.78, 5) is 25.7. The third kappa shape index (κ3) is 4.37. The van der Waals surface area contributed by atoms with Crippen molar-refractivity contribution in [3.63, 3.8) is 0 Å². The molecule has 0 bridgehead atoms. The summed E-state index contributed by atoms with van der Waals surface area (Å²) in [6.07, 6.45) is 6.98. The summed E-state index contributed by atoms with van der Waals surface area (Å²) in [7, 11) is 0. The van der Waals surface area contributed by atoms with Crippen LogP contribution in [0.2, 0.25) is 0 Å². The average molecular weight is 441 g/mol. The van der Waals surface area contributed by atoms with Gasteiger partial charge in [0.05, 0.1) is 30.2 Å². The molecule has 0 aromatic carbocycles. The molecule has 0 spiro atoms. The summed E-state index contributed by atoms with van der Waals surface area (Å²) in [5.74, 6) is 1.69. The molecule has 4 atom stereocenters. The molecule has 1 amide bonds. The number of anilines is 1. The number of nitrogens with one attached hydrogen (secondary N) is 2. The first-order valence-electron chi connectivity index (χ1n) is 11.6. The van der Waals surface area contributed by atoms with Crippen molar-refractivity contribution in [3.05, 3.63) is 42.2 Å². The van der Waals surface area contributed by atoms with E-state index in [2.05, 4.69) is 45.6 Å². The Hall–Kier alpha value is -2.49. The highest BCUT2D eigenvalue weighted by Crippen LogP contribution is 2.39. The van der Waals surface area contributed by atoms with Crippen LogP contribution in [0.1, 0.15) is 55.4 Å². The molecule has 5 rings (SSSR count). The highest BCUT2D eigenvalue weighted by Gasteiger charge is 2.42. The molecule has 2 N–H and O–H groups in total. The molecule has 172 valence electrons. The maximum Gasteiger partial charge on any atom is 0.289 e. The van der Waals surface area contributed by atoms with Gasteiger partial charge in [-0.3, -0.25) is 10.2 Å². The highest BCUT2D eigenvalue weighted by atomic mass is 16.5. The summed E-state index contributed by atoms with van der Waals surface area (Å²) in [6, 6.07) is 6.14. The van der Waals surface area contributed by atoms with Gasteiger partial charge in [-0.1, -0.05) is 0 Å². The maximum absolute atomic E-state index is 12.5. The smallest absolute Gasteiger partial charge is 0.289 e. The zero-order valence-corrected chi connectivity index (χ0v) is 18.7. The third-order valence-electron chi connectivity index (χ3n) is 6.78. The Bertz CT molecular complexity index is 912. The monoisotopic (exact) mass is 440 g/mol. The second kappa shape index (κ2) is 9.17. The molecule has 4 unspecified atom stereocenters. The Balaban J connectivity index is 1.24. The molecule has 9 heteroatoms. The van der Waals surface area contributed by atoms with Gasteiger partial charge in [0, 0.05) is 44.2 Å². The summed E-state index contributed by atoms with van der Waals surface area (Å²) in [5.41, 5.74) is 7.97. The molecule has 4 heterocycles. The van der Waals surface area contributed by atoms with Crippen molar-refractivity contribution in [2.24, 2.45) is 5.92 Å². The molecule has 3 fully saturated rings. The van der Waals surface area contributed by atoms with Gasteiger partial charge in [0.1, 0.15) is 12.1 Å². The highest BCUT2D eigenvalue weighted by molar-refractivity contribution is 5.91. The van der Waals surface area contributed by atoms with Gasteiger partial charge in [-0.05, 0) is 45.2 Å². The van der Waals surface area contributed by atoms with Gasteiger partial charge in [-0.2, -0.15) is 0 Å². The van der Waals surface area contributed by atoms with Gasteiger partial charge < -0.3 is 19.0 Å². The SMILES string of the molecule is CC(C)OC1CCC2NNC(c3cc(N4CCN(C(=O)c5ccco5)CC4)ncn3)C2C1. The lowest BCUT2D eigenvalue weighted by molar-refractivity contribution is -0.0276. The van der Waals surface area contributed by atoms with Crippen molar-refractivity contribution in [1.82, 2.24) is 25.7 Å². The van der Waals surface area contributed by atoms with Crippen LogP contribution in [0.25, 0.3) is 0 Å². The van der Waals surface area contributed by atoms with Gasteiger partial charge in [0.25, 0.3) is 5.91 Å². The average Bonchev–Trinajstić information content (AvgIpc) is 3.49. The van der Waals surface area contributed by atoms with E-state index in [9.17, 15) is 4.79 Å². The zero-order chi connectivity index (χ0) is 22.1. The van der Waals surface area contributed by atoms with E-state index in [1.54, 1.807) is 18.5 Å². The minimum atomic E-state index is -0.0548. The van der Waals surface area contributed by atoms with Gasteiger partial charge in [-0.25, -0.2) is 15.4 Å². The zero-order valence-electron chi connectivity index (χ0n) is 18.7.